The summed E-state index contributed by atoms with van der Waals surface area (Å²) in [6.07, 6.45) is 1.55. The number of likely N-dealkylation sites (tertiary alicyclic amines) is 1. The molecular formula is C19H18BrN3O2. The van der Waals surface area contributed by atoms with E-state index in [0.29, 0.717) is 18.7 Å². The number of piperidine rings is 1. The van der Waals surface area contributed by atoms with Crippen LogP contribution in [-0.2, 0) is 0 Å². The summed E-state index contributed by atoms with van der Waals surface area (Å²) >= 11 is 3.45. The Morgan fingerprint density at radius 1 is 1.04 bits per heavy atom. The van der Waals surface area contributed by atoms with Crippen LogP contribution < -0.4 is 5.69 Å². The lowest BCUT2D eigenvalue weighted by atomic mass is 10.0. The molecule has 2 heterocycles. The van der Waals surface area contributed by atoms with Gasteiger partial charge in [-0.1, -0.05) is 24.3 Å². The summed E-state index contributed by atoms with van der Waals surface area (Å²) in [6.45, 7) is 1.30. The minimum absolute atomic E-state index is 0.0391. The number of hydrogen-bond donors (Lipinski definition) is 1. The second-order valence-corrected chi connectivity index (χ2v) is 7.17. The van der Waals surface area contributed by atoms with Crippen molar-refractivity contribution in [2.75, 3.05) is 13.1 Å². The summed E-state index contributed by atoms with van der Waals surface area (Å²) in [7, 11) is 0. The number of benzene rings is 2. The fourth-order valence-electron chi connectivity index (χ4n) is 3.57. The van der Waals surface area contributed by atoms with Crippen LogP contribution in [0.1, 0.15) is 29.2 Å². The topological polar surface area (TPSA) is 58.1 Å². The summed E-state index contributed by atoms with van der Waals surface area (Å²) in [6, 6.07) is 15.3. The number of hydrogen-bond acceptors (Lipinski definition) is 2. The molecule has 25 heavy (non-hydrogen) atoms. The molecule has 2 aromatic carbocycles. The highest BCUT2D eigenvalue weighted by molar-refractivity contribution is 9.10. The molecule has 0 spiro atoms. The van der Waals surface area contributed by atoms with Crippen LogP contribution in [0.5, 0.6) is 0 Å². The van der Waals surface area contributed by atoms with Crippen molar-refractivity contribution in [1.82, 2.24) is 14.5 Å². The van der Waals surface area contributed by atoms with E-state index in [2.05, 4.69) is 20.9 Å². The van der Waals surface area contributed by atoms with E-state index in [4.69, 9.17) is 0 Å². The van der Waals surface area contributed by atoms with Crippen LogP contribution >= 0.6 is 15.9 Å². The van der Waals surface area contributed by atoms with E-state index >= 15 is 0 Å². The summed E-state index contributed by atoms with van der Waals surface area (Å²) in [5.41, 5.74) is 2.41. The van der Waals surface area contributed by atoms with Gasteiger partial charge >= 0.3 is 5.69 Å². The number of nitrogens with one attached hydrogen (secondary N) is 1. The Bertz CT molecular complexity index is 983. The quantitative estimate of drug-likeness (QED) is 0.715. The molecule has 1 saturated heterocycles. The van der Waals surface area contributed by atoms with Gasteiger partial charge in [0.25, 0.3) is 5.91 Å². The monoisotopic (exact) mass is 399 g/mol. The van der Waals surface area contributed by atoms with E-state index in [1.807, 2.05) is 58.0 Å². The Labute approximate surface area is 153 Å². The van der Waals surface area contributed by atoms with Crippen LogP contribution in [0.2, 0.25) is 0 Å². The number of fused-ring (bicyclic) bond motifs is 1. The molecule has 4 rings (SSSR count). The number of halogens is 1. The maximum Gasteiger partial charge on any atom is 0.326 e. The molecule has 5 nitrogen and oxygen atoms in total. The van der Waals surface area contributed by atoms with Gasteiger partial charge in [0.15, 0.2) is 0 Å². The van der Waals surface area contributed by atoms with Crippen LogP contribution in [0.4, 0.5) is 0 Å². The highest BCUT2D eigenvalue weighted by atomic mass is 79.9. The minimum atomic E-state index is -0.0724. The zero-order chi connectivity index (χ0) is 17.4. The first-order chi connectivity index (χ1) is 12.1. The molecule has 0 bridgehead atoms. The van der Waals surface area contributed by atoms with Gasteiger partial charge < -0.3 is 9.88 Å². The summed E-state index contributed by atoms with van der Waals surface area (Å²) < 4.78 is 2.66. The molecule has 128 valence electrons. The average molecular weight is 400 g/mol. The number of nitrogens with zero attached hydrogens (tertiary/aromatic N) is 2. The lowest BCUT2D eigenvalue weighted by Crippen LogP contribution is -2.40. The van der Waals surface area contributed by atoms with E-state index in [0.717, 1.165) is 28.3 Å². The van der Waals surface area contributed by atoms with Crippen LogP contribution in [0.25, 0.3) is 11.0 Å². The van der Waals surface area contributed by atoms with E-state index in [9.17, 15) is 9.59 Å². The van der Waals surface area contributed by atoms with Gasteiger partial charge in [-0.15, -0.1) is 0 Å². The third kappa shape index (κ3) is 2.91. The zero-order valence-electron chi connectivity index (χ0n) is 13.6. The molecular weight excluding hydrogens is 382 g/mol. The van der Waals surface area contributed by atoms with E-state index in [1.54, 1.807) is 0 Å². The van der Waals surface area contributed by atoms with Gasteiger partial charge in [-0.05, 0) is 53.0 Å². The zero-order valence-corrected chi connectivity index (χ0v) is 15.2. The normalized spacial score (nSPS) is 15.6. The first kappa shape index (κ1) is 16.1. The van der Waals surface area contributed by atoms with E-state index < -0.39 is 0 Å². The van der Waals surface area contributed by atoms with Crippen molar-refractivity contribution in [3.8, 4) is 0 Å². The van der Waals surface area contributed by atoms with Gasteiger partial charge in [0.05, 0.1) is 16.6 Å². The van der Waals surface area contributed by atoms with E-state index in [-0.39, 0.29) is 17.6 Å². The Morgan fingerprint density at radius 3 is 2.48 bits per heavy atom. The number of imidazole rings is 1. The van der Waals surface area contributed by atoms with Gasteiger partial charge in [-0.2, -0.15) is 0 Å². The fourth-order valence-corrected chi connectivity index (χ4v) is 4.02. The van der Waals surface area contributed by atoms with Gasteiger partial charge in [-0.3, -0.25) is 9.36 Å². The Balaban J connectivity index is 1.54. The first-order valence-electron chi connectivity index (χ1n) is 8.38. The first-order valence-corrected chi connectivity index (χ1v) is 9.17. The van der Waals surface area contributed by atoms with Crippen molar-refractivity contribution in [2.45, 2.75) is 18.9 Å². The van der Waals surface area contributed by atoms with Crippen molar-refractivity contribution in [2.24, 2.45) is 0 Å². The maximum absolute atomic E-state index is 12.7. The molecule has 0 radical (unpaired) electrons. The number of aromatic nitrogens is 2. The van der Waals surface area contributed by atoms with Gasteiger partial charge in [0.2, 0.25) is 0 Å². The predicted octanol–water partition coefficient (Wildman–Crippen LogP) is 3.57. The summed E-state index contributed by atoms with van der Waals surface area (Å²) in [5, 5.41) is 0. The summed E-state index contributed by atoms with van der Waals surface area (Å²) in [5.74, 6) is 0.0391. The van der Waals surface area contributed by atoms with E-state index in [1.165, 1.54) is 0 Å². The van der Waals surface area contributed by atoms with Gasteiger partial charge in [-0.25, -0.2) is 4.79 Å². The standard InChI is InChI=1S/C19H18BrN3O2/c20-15-6-2-1-5-14(15)18(24)22-11-9-13(10-12-22)23-17-8-4-3-7-16(17)21-19(23)25/h1-8,13H,9-12H2,(H,21,25). The number of H-pyrrole nitrogens is 1. The van der Waals surface area contributed by atoms with Crippen molar-refractivity contribution in [1.29, 1.82) is 0 Å². The number of rotatable bonds is 2. The third-order valence-electron chi connectivity index (χ3n) is 4.85. The molecule has 1 amide bonds. The van der Waals surface area contributed by atoms with Crippen molar-refractivity contribution >= 4 is 32.9 Å². The molecule has 0 atom stereocenters. The highest BCUT2D eigenvalue weighted by Gasteiger charge is 2.27. The largest absolute Gasteiger partial charge is 0.338 e. The molecule has 0 unspecified atom stereocenters. The molecule has 6 heteroatoms. The summed E-state index contributed by atoms with van der Waals surface area (Å²) in [4.78, 5) is 29.8. The molecule has 1 aliphatic heterocycles. The Kier molecular flexibility index (Phi) is 4.21. The molecule has 0 saturated carbocycles. The highest BCUT2D eigenvalue weighted by Crippen LogP contribution is 2.26. The van der Waals surface area contributed by atoms with Gasteiger partial charge in [0.1, 0.15) is 0 Å². The molecule has 1 fully saturated rings. The molecule has 0 aliphatic carbocycles. The second-order valence-electron chi connectivity index (χ2n) is 6.32. The lowest BCUT2D eigenvalue weighted by Gasteiger charge is -2.32. The number of aromatic amines is 1. The van der Waals surface area contributed by atoms with Gasteiger partial charge in [0, 0.05) is 23.6 Å². The Morgan fingerprint density at radius 2 is 1.72 bits per heavy atom. The predicted molar refractivity (Wildman–Crippen MR) is 101 cm³/mol. The van der Waals surface area contributed by atoms with Crippen molar-refractivity contribution in [3.05, 3.63) is 69.1 Å². The van der Waals surface area contributed by atoms with Crippen LogP contribution in [0, 0.1) is 0 Å². The molecule has 3 aromatic rings. The second kappa shape index (κ2) is 6.52. The average Bonchev–Trinajstić information content (AvgIpc) is 2.97. The SMILES string of the molecule is O=C(c1ccccc1Br)N1CCC(n2c(=O)[nH]c3ccccc32)CC1. The number of carbonyl (C=O) groups is 1. The number of carbonyl (C=O) groups excluding carboxylic acids is 1. The van der Waals surface area contributed by atoms with Crippen LogP contribution in [0.15, 0.2) is 57.8 Å². The van der Waals surface area contributed by atoms with Crippen molar-refractivity contribution < 1.29 is 4.79 Å². The molecule has 1 N–H and O–H groups in total. The Hall–Kier alpha value is -2.34. The maximum atomic E-state index is 12.7. The number of para-hydroxylation sites is 2. The smallest absolute Gasteiger partial charge is 0.326 e. The minimum Gasteiger partial charge on any atom is -0.338 e. The molecule has 1 aromatic heterocycles. The number of amides is 1. The van der Waals surface area contributed by atoms with Crippen LogP contribution in [0.3, 0.4) is 0 Å². The lowest BCUT2D eigenvalue weighted by molar-refractivity contribution is 0.0694. The van der Waals surface area contributed by atoms with Crippen LogP contribution in [-0.4, -0.2) is 33.4 Å². The van der Waals surface area contributed by atoms with Crippen molar-refractivity contribution in [3.63, 3.8) is 0 Å². The third-order valence-corrected chi connectivity index (χ3v) is 5.54. The molecule has 1 aliphatic rings. The fraction of sp³-hybridized carbons (Fsp3) is 0.263.